The first-order valence-corrected chi connectivity index (χ1v) is 18.2. The zero-order valence-electron chi connectivity index (χ0n) is 27.9. The van der Waals surface area contributed by atoms with E-state index >= 15 is 0 Å². The summed E-state index contributed by atoms with van der Waals surface area (Å²) in [7, 11) is -3.65. The summed E-state index contributed by atoms with van der Waals surface area (Å²) in [6, 6.07) is 22.4. The number of nitrogens with zero attached hydrogens (tertiary/aromatic N) is 3. The van der Waals surface area contributed by atoms with E-state index in [0.29, 0.717) is 42.1 Å². The van der Waals surface area contributed by atoms with Gasteiger partial charge in [0.1, 0.15) is 19.0 Å². The van der Waals surface area contributed by atoms with Crippen LogP contribution in [0.25, 0.3) is 5.69 Å². The number of nitrogens with one attached hydrogen (secondary N) is 2. The molecule has 2 unspecified atom stereocenters. The molecule has 3 aliphatic rings. The zero-order chi connectivity index (χ0) is 33.6. The normalized spacial score (nSPS) is 20.8. The van der Waals surface area contributed by atoms with Gasteiger partial charge in [-0.3, -0.25) is 5.32 Å². The Morgan fingerprint density at radius 3 is 2.21 bits per heavy atom. The number of carbonyl (C=O) groups excluding carboxylic acids is 1. The van der Waals surface area contributed by atoms with Gasteiger partial charge in [-0.2, -0.15) is 9.40 Å². The Hall–Kier alpha value is -4.35. The molecule has 0 spiro atoms. The molecule has 3 aliphatic heterocycles. The largest absolute Gasteiger partial charge is 0.486 e. The summed E-state index contributed by atoms with van der Waals surface area (Å²) in [5.41, 5.74) is 4.57. The van der Waals surface area contributed by atoms with Crippen LogP contribution in [0.3, 0.4) is 0 Å². The number of sulfonamides is 1. The van der Waals surface area contributed by atoms with Crippen molar-refractivity contribution in [3.05, 3.63) is 89.6 Å². The van der Waals surface area contributed by atoms with E-state index in [9.17, 15) is 13.2 Å². The molecule has 0 radical (unpaired) electrons. The van der Waals surface area contributed by atoms with Crippen LogP contribution in [0.15, 0.2) is 77.7 Å². The summed E-state index contributed by atoms with van der Waals surface area (Å²) in [5, 5.41) is 10.7. The molecule has 48 heavy (non-hydrogen) atoms. The number of aryl methyl sites for hydroxylation is 1. The van der Waals surface area contributed by atoms with Gasteiger partial charge in [-0.05, 0) is 86.9 Å². The number of aromatic nitrogens is 2. The number of ether oxygens (including phenoxy) is 2. The van der Waals surface area contributed by atoms with E-state index in [0.717, 1.165) is 49.0 Å². The third kappa shape index (κ3) is 6.53. The number of carbonyl (C=O) groups is 1. The van der Waals surface area contributed by atoms with Crippen LogP contribution in [-0.4, -0.2) is 53.8 Å². The highest BCUT2D eigenvalue weighted by Gasteiger charge is 2.47. The summed E-state index contributed by atoms with van der Waals surface area (Å²) in [6.45, 7) is 9.20. The van der Waals surface area contributed by atoms with Crippen LogP contribution in [0.1, 0.15) is 63.3 Å². The average molecular weight is 670 g/mol. The standard InChI is InChI=1S/C37H43N5O5S/c1-24-5-11-28(12-6-24)41-35(23-34(40-41)37(2,3)4)39-36(43)38-27-9-7-25(8-10-27)19-26-20-29-13-14-30(21-26)42(29)48(44,45)31-15-16-32-33(22-31)47-18-17-46-32/h5-12,15-16,22-23,26,29-30H,13-14,17-21H2,1-4H3,(H2,38,39,43). The molecular weight excluding hydrogens is 627 g/mol. The number of fused-ring (bicyclic) bond motifs is 3. The number of anilines is 2. The summed E-state index contributed by atoms with van der Waals surface area (Å²) in [6.07, 6.45) is 4.27. The van der Waals surface area contributed by atoms with Crippen molar-refractivity contribution in [2.75, 3.05) is 23.8 Å². The maximum Gasteiger partial charge on any atom is 0.324 e. The number of benzene rings is 3. The summed E-state index contributed by atoms with van der Waals surface area (Å²) < 4.78 is 42.3. The molecule has 2 amide bonds. The molecular formula is C37H43N5O5S. The van der Waals surface area contributed by atoms with Gasteiger partial charge in [0.15, 0.2) is 11.5 Å². The Bertz CT molecular complexity index is 1900. The Balaban J connectivity index is 0.978. The lowest BCUT2D eigenvalue weighted by Crippen LogP contribution is -2.46. The van der Waals surface area contributed by atoms with E-state index in [1.165, 1.54) is 5.56 Å². The van der Waals surface area contributed by atoms with Crippen LogP contribution in [0.4, 0.5) is 16.3 Å². The molecule has 11 heteroatoms. The van der Waals surface area contributed by atoms with Crippen molar-refractivity contribution >= 4 is 27.6 Å². The molecule has 2 saturated heterocycles. The number of amides is 2. The van der Waals surface area contributed by atoms with Crippen LogP contribution in [0.5, 0.6) is 11.5 Å². The van der Waals surface area contributed by atoms with Gasteiger partial charge in [0.05, 0.1) is 16.3 Å². The monoisotopic (exact) mass is 669 g/mol. The predicted octanol–water partition coefficient (Wildman–Crippen LogP) is 7.07. The second kappa shape index (κ2) is 12.6. The molecule has 4 heterocycles. The van der Waals surface area contributed by atoms with Gasteiger partial charge in [-0.1, -0.05) is 50.6 Å². The molecule has 1 aromatic heterocycles. The maximum atomic E-state index is 13.8. The molecule has 7 rings (SSSR count). The molecule has 252 valence electrons. The topological polar surface area (TPSA) is 115 Å². The lowest BCUT2D eigenvalue weighted by molar-refractivity contribution is 0.170. The second-order valence-electron chi connectivity index (χ2n) is 14.3. The Morgan fingerprint density at radius 2 is 1.54 bits per heavy atom. The number of hydrogen-bond acceptors (Lipinski definition) is 6. The van der Waals surface area contributed by atoms with Gasteiger partial charge in [0.25, 0.3) is 0 Å². The number of piperidine rings is 1. The molecule has 2 N–H and O–H groups in total. The van der Waals surface area contributed by atoms with E-state index < -0.39 is 10.0 Å². The van der Waals surface area contributed by atoms with Gasteiger partial charge < -0.3 is 14.8 Å². The van der Waals surface area contributed by atoms with Gasteiger partial charge in [-0.25, -0.2) is 17.9 Å². The third-order valence-electron chi connectivity index (χ3n) is 9.59. The smallest absolute Gasteiger partial charge is 0.324 e. The van der Waals surface area contributed by atoms with E-state index in [1.807, 2.05) is 61.5 Å². The van der Waals surface area contributed by atoms with Crippen LogP contribution >= 0.6 is 0 Å². The average Bonchev–Trinajstić information content (AvgIpc) is 3.61. The first-order valence-electron chi connectivity index (χ1n) is 16.7. The number of hydrogen-bond donors (Lipinski definition) is 2. The number of rotatable bonds is 7. The second-order valence-corrected chi connectivity index (χ2v) is 16.1. The summed E-state index contributed by atoms with van der Waals surface area (Å²) in [5.74, 6) is 2.05. The highest BCUT2D eigenvalue weighted by molar-refractivity contribution is 7.89. The lowest BCUT2D eigenvalue weighted by atomic mass is 9.87. The molecule has 3 aromatic carbocycles. The molecule has 10 nitrogen and oxygen atoms in total. The fourth-order valence-electron chi connectivity index (χ4n) is 7.17. The van der Waals surface area contributed by atoms with Crippen molar-refractivity contribution in [1.82, 2.24) is 14.1 Å². The lowest BCUT2D eigenvalue weighted by Gasteiger charge is -2.38. The molecule has 2 bridgehead atoms. The highest BCUT2D eigenvalue weighted by Crippen LogP contribution is 2.44. The van der Waals surface area contributed by atoms with Crippen molar-refractivity contribution in [3.8, 4) is 17.2 Å². The third-order valence-corrected chi connectivity index (χ3v) is 11.6. The van der Waals surface area contributed by atoms with E-state index in [2.05, 4.69) is 31.4 Å². The van der Waals surface area contributed by atoms with Crippen LogP contribution in [0, 0.1) is 12.8 Å². The van der Waals surface area contributed by atoms with Crippen molar-refractivity contribution in [2.24, 2.45) is 5.92 Å². The first kappa shape index (κ1) is 32.2. The maximum absolute atomic E-state index is 13.8. The fourth-order valence-corrected chi connectivity index (χ4v) is 9.07. The van der Waals surface area contributed by atoms with E-state index in [-0.39, 0.29) is 28.4 Å². The summed E-state index contributed by atoms with van der Waals surface area (Å²) in [4.78, 5) is 13.4. The van der Waals surface area contributed by atoms with Gasteiger partial charge in [-0.15, -0.1) is 0 Å². The Labute approximate surface area is 282 Å². The van der Waals surface area contributed by atoms with Crippen molar-refractivity contribution < 1.29 is 22.7 Å². The molecule has 2 fully saturated rings. The first-order chi connectivity index (χ1) is 22.9. The molecule has 0 saturated carbocycles. The van der Waals surface area contributed by atoms with Crippen LogP contribution in [0.2, 0.25) is 0 Å². The predicted molar refractivity (Wildman–Crippen MR) is 186 cm³/mol. The van der Waals surface area contributed by atoms with E-state index in [4.69, 9.17) is 14.6 Å². The van der Waals surface area contributed by atoms with Gasteiger partial charge in [0.2, 0.25) is 10.0 Å². The minimum Gasteiger partial charge on any atom is -0.486 e. The highest BCUT2D eigenvalue weighted by atomic mass is 32.2. The van der Waals surface area contributed by atoms with Gasteiger partial charge in [0, 0.05) is 35.3 Å². The number of urea groups is 1. The Morgan fingerprint density at radius 1 is 0.875 bits per heavy atom. The van der Waals surface area contributed by atoms with Crippen LogP contribution in [-0.2, 0) is 21.9 Å². The van der Waals surface area contributed by atoms with Gasteiger partial charge >= 0.3 is 6.03 Å². The molecule has 4 aromatic rings. The summed E-state index contributed by atoms with van der Waals surface area (Å²) >= 11 is 0. The zero-order valence-corrected chi connectivity index (χ0v) is 28.7. The van der Waals surface area contributed by atoms with E-state index in [1.54, 1.807) is 27.2 Å². The van der Waals surface area contributed by atoms with Crippen molar-refractivity contribution in [1.29, 1.82) is 0 Å². The quantitative estimate of drug-likeness (QED) is 0.218. The SMILES string of the molecule is Cc1ccc(-n2nc(C(C)(C)C)cc2NC(=O)Nc2ccc(CC3CC4CCC(C3)N4S(=O)(=O)c3ccc4c(c3)OCCO4)cc2)cc1. The minimum absolute atomic E-state index is 0.0104. The van der Waals surface area contributed by atoms with Crippen LogP contribution < -0.4 is 20.1 Å². The van der Waals surface area contributed by atoms with Crippen molar-refractivity contribution in [2.45, 2.75) is 82.2 Å². The molecule has 0 aliphatic carbocycles. The fraction of sp³-hybridized carbons (Fsp3) is 0.405. The molecule has 2 atom stereocenters. The van der Waals surface area contributed by atoms with Crippen molar-refractivity contribution in [3.63, 3.8) is 0 Å². The Kier molecular flexibility index (Phi) is 8.45. The minimum atomic E-state index is -3.65.